The van der Waals surface area contributed by atoms with Gasteiger partial charge in [0, 0.05) is 5.70 Å². The number of allylic oxidation sites excluding steroid dienone is 1. The van der Waals surface area contributed by atoms with Crippen LogP contribution in [0.2, 0.25) is 0 Å². The lowest BCUT2D eigenvalue weighted by molar-refractivity contribution is -0.140. The number of fused-ring (bicyclic) bond motifs is 1. The molecule has 0 fully saturated rings. The van der Waals surface area contributed by atoms with Crippen molar-refractivity contribution < 1.29 is 19.0 Å². The molecule has 1 N–H and O–H groups in total. The quantitative estimate of drug-likeness (QED) is 0.146. The smallest absolute Gasteiger partial charge is 0.338 e. The van der Waals surface area contributed by atoms with Crippen molar-refractivity contribution in [1.82, 2.24) is 14.8 Å². The fourth-order valence-corrected chi connectivity index (χ4v) is 5.78. The van der Waals surface area contributed by atoms with Crippen LogP contribution in [0.4, 0.5) is 5.95 Å². The second-order valence-corrected chi connectivity index (χ2v) is 11.6. The molecular weight excluding hydrogens is 604 g/mol. The van der Waals surface area contributed by atoms with E-state index in [4.69, 9.17) is 19.3 Å². The van der Waals surface area contributed by atoms with Crippen molar-refractivity contribution in [3.8, 4) is 11.5 Å². The van der Waals surface area contributed by atoms with Crippen LogP contribution in [0.25, 0.3) is 0 Å². The molecular formula is C31H31BrN4O4S. The lowest BCUT2D eigenvalue weighted by Crippen LogP contribution is -2.29. The largest absolute Gasteiger partial charge is 0.493 e. The Hall–Kier alpha value is -3.76. The Labute approximate surface area is 252 Å². The van der Waals surface area contributed by atoms with E-state index in [1.54, 1.807) is 11.8 Å². The van der Waals surface area contributed by atoms with Crippen LogP contribution >= 0.6 is 27.7 Å². The van der Waals surface area contributed by atoms with Gasteiger partial charge in [-0.1, -0.05) is 73.3 Å². The second kappa shape index (κ2) is 12.8. The Balaban J connectivity index is 1.52. The summed E-state index contributed by atoms with van der Waals surface area (Å²) in [6.45, 7) is 6.49. The molecule has 3 aromatic carbocycles. The molecule has 41 heavy (non-hydrogen) atoms. The van der Waals surface area contributed by atoms with E-state index in [0.717, 1.165) is 28.0 Å². The molecule has 1 atom stereocenters. The fraction of sp³-hybridized carbons (Fsp3) is 0.258. The molecule has 0 bridgehead atoms. The summed E-state index contributed by atoms with van der Waals surface area (Å²) in [4.78, 5) is 18.3. The van der Waals surface area contributed by atoms with Crippen LogP contribution in [-0.2, 0) is 22.7 Å². The topological polar surface area (TPSA) is 87.5 Å². The number of methoxy groups -OCH3 is 1. The van der Waals surface area contributed by atoms with E-state index >= 15 is 0 Å². The van der Waals surface area contributed by atoms with Crippen LogP contribution in [0.1, 0.15) is 42.1 Å². The summed E-state index contributed by atoms with van der Waals surface area (Å²) in [6, 6.07) is 20.9. The third-order valence-electron chi connectivity index (χ3n) is 6.74. The Bertz CT molecular complexity index is 1590. The highest BCUT2D eigenvalue weighted by Gasteiger charge is 2.36. The molecule has 0 amide bonds. The van der Waals surface area contributed by atoms with Crippen LogP contribution < -0.4 is 14.8 Å². The minimum absolute atomic E-state index is 0.156. The van der Waals surface area contributed by atoms with Crippen molar-refractivity contribution in [3.05, 3.63) is 105 Å². The number of aryl methyl sites for hydroxylation is 1. The van der Waals surface area contributed by atoms with E-state index in [9.17, 15) is 4.79 Å². The highest BCUT2D eigenvalue weighted by molar-refractivity contribution is 9.10. The van der Waals surface area contributed by atoms with E-state index in [-0.39, 0.29) is 6.61 Å². The number of rotatable bonds is 10. The molecule has 0 radical (unpaired) electrons. The van der Waals surface area contributed by atoms with Crippen molar-refractivity contribution in [1.29, 1.82) is 0 Å². The molecule has 0 aliphatic carbocycles. The lowest BCUT2D eigenvalue weighted by Gasteiger charge is -2.29. The van der Waals surface area contributed by atoms with Crippen molar-refractivity contribution in [2.24, 2.45) is 0 Å². The minimum atomic E-state index is -0.608. The maximum Gasteiger partial charge on any atom is 0.338 e. The molecule has 1 aliphatic rings. The van der Waals surface area contributed by atoms with E-state index < -0.39 is 12.0 Å². The Kier molecular flexibility index (Phi) is 8.99. The van der Waals surface area contributed by atoms with Gasteiger partial charge in [0.05, 0.1) is 17.2 Å². The first-order valence-electron chi connectivity index (χ1n) is 13.2. The maximum absolute atomic E-state index is 13.7. The van der Waals surface area contributed by atoms with Gasteiger partial charge < -0.3 is 19.5 Å². The van der Waals surface area contributed by atoms with Crippen molar-refractivity contribution in [2.45, 2.75) is 45.2 Å². The summed E-state index contributed by atoms with van der Waals surface area (Å²) < 4.78 is 20.2. The predicted octanol–water partition coefficient (Wildman–Crippen LogP) is 7.08. The summed E-state index contributed by atoms with van der Waals surface area (Å²) in [5.41, 5.74) is 4.99. The van der Waals surface area contributed by atoms with E-state index in [2.05, 4.69) is 39.2 Å². The number of carbonyl (C=O) groups is 1. The zero-order valence-corrected chi connectivity index (χ0v) is 25.7. The van der Waals surface area contributed by atoms with Crippen LogP contribution in [0.3, 0.4) is 0 Å². The number of esters is 1. The molecule has 0 saturated heterocycles. The number of hydrogen-bond donors (Lipinski definition) is 1. The Morgan fingerprint density at radius 3 is 2.56 bits per heavy atom. The van der Waals surface area contributed by atoms with E-state index in [1.165, 1.54) is 11.8 Å². The van der Waals surface area contributed by atoms with Gasteiger partial charge in [-0.05, 0) is 69.9 Å². The maximum atomic E-state index is 13.7. The number of nitrogens with zero attached hydrogens (tertiary/aromatic N) is 3. The Morgan fingerprint density at radius 2 is 1.83 bits per heavy atom. The van der Waals surface area contributed by atoms with Crippen LogP contribution in [0.15, 0.2) is 87.6 Å². The second-order valence-electron chi connectivity index (χ2n) is 9.47. The summed E-state index contributed by atoms with van der Waals surface area (Å²) in [5, 5.41) is 8.63. The average molecular weight is 636 g/mol. The number of benzene rings is 3. The van der Waals surface area contributed by atoms with Gasteiger partial charge in [0.1, 0.15) is 19.3 Å². The van der Waals surface area contributed by atoms with Crippen molar-refractivity contribution in [2.75, 3.05) is 18.2 Å². The first kappa shape index (κ1) is 28.8. The predicted molar refractivity (Wildman–Crippen MR) is 163 cm³/mol. The first-order valence-corrected chi connectivity index (χ1v) is 15.0. The normalized spacial score (nSPS) is 14.3. The molecule has 1 aliphatic heterocycles. The monoisotopic (exact) mass is 634 g/mol. The molecule has 10 heteroatoms. The van der Waals surface area contributed by atoms with Crippen LogP contribution in [0, 0.1) is 6.92 Å². The summed E-state index contributed by atoms with van der Waals surface area (Å²) in [5.74, 6) is 2.03. The molecule has 1 aromatic heterocycles. The van der Waals surface area contributed by atoms with E-state index in [0.29, 0.717) is 45.0 Å². The SMILES string of the molecule is CCSc1nc2n(n1)C(c1cc(Br)c(OCc3ccccc3C)c(OC)c1)C(C(=O)OCc1ccccc1)=C(C)N2. The molecule has 0 spiro atoms. The third-order valence-corrected chi connectivity index (χ3v) is 8.05. The molecule has 5 rings (SSSR count). The highest BCUT2D eigenvalue weighted by atomic mass is 79.9. The van der Waals surface area contributed by atoms with Crippen LogP contribution in [-0.4, -0.2) is 33.6 Å². The lowest BCUT2D eigenvalue weighted by atomic mass is 9.95. The average Bonchev–Trinajstić information content (AvgIpc) is 3.37. The zero-order chi connectivity index (χ0) is 28.9. The van der Waals surface area contributed by atoms with Gasteiger partial charge in [-0.25, -0.2) is 9.48 Å². The fourth-order valence-electron chi connectivity index (χ4n) is 4.65. The van der Waals surface area contributed by atoms with Gasteiger partial charge in [0.2, 0.25) is 11.1 Å². The molecule has 0 saturated carbocycles. The number of ether oxygens (including phenoxy) is 3. The van der Waals surface area contributed by atoms with Gasteiger partial charge in [-0.3, -0.25) is 0 Å². The van der Waals surface area contributed by atoms with E-state index in [1.807, 2.05) is 74.5 Å². The molecule has 2 heterocycles. The zero-order valence-electron chi connectivity index (χ0n) is 23.3. The minimum Gasteiger partial charge on any atom is -0.493 e. The van der Waals surface area contributed by atoms with Gasteiger partial charge in [0.25, 0.3) is 0 Å². The van der Waals surface area contributed by atoms with Gasteiger partial charge >= 0.3 is 5.97 Å². The summed E-state index contributed by atoms with van der Waals surface area (Å²) in [6.07, 6.45) is 0. The number of nitrogens with one attached hydrogen (secondary N) is 1. The molecule has 1 unspecified atom stereocenters. The van der Waals surface area contributed by atoms with Gasteiger partial charge in [-0.2, -0.15) is 4.98 Å². The highest BCUT2D eigenvalue weighted by Crippen LogP contribution is 2.43. The van der Waals surface area contributed by atoms with Crippen molar-refractivity contribution >= 4 is 39.6 Å². The molecule has 8 nitrogen and oxygen atoms in total. The third kappa shape index (κ3) is 6.28. The standard InChI is InChI=1S/C31H31BrN4O4S/c1-5-41-31-34-30-33-20(3)26(29(37)40-17-21-12-7-6-8-13-21)27(36(30)35-31)23-15-24(32)28(25(16-23)38-4)39-18-22-14-10-9-11-19(22)2/h6-16,27H,5,17-18H2,1-4H3,(H,33,34,35). The summed E-state index contributed by atoms with van der Waals surface area (Å²) >= 11 is 5.23. The van der Waals surface area contributed by atoms with Gasteiger partial charge in [0.15, 0.2) is 11.5 Å². The Morgan fingerprint density at radius 1 is 1.07 bits per heavy atom. The number of aromatic nitrogens is 3. The number of thioether (sulfide) groups is 1. The number of hydrogen-bond acceptors (Lipinski definition) is 8. The number of halogens is 1. The number of carbonyl (C=O) groups excluding carboxylic acids is 1. The first-order chi connectivity index (χ1) is 19.9. The van der Waals surface area contributed by atoms with Crippen LogP contribution in [0.5, 0.6) is 11.5 Å². The number of anilines is 1. The van der Waals surface area contributed by atoms with Crippen molar-refractivity contribution in [3.63, 3.8) is 0 Å². The molecule has 4 aromatic rings. The van der Waals surface area contributed by atoms with Gasteiger partial charge in [-0.15, -0.1) is 5.10 Å². The summed E-state index contributed by atoms with van der Waals surface area (Å²) in [7, 11) is 1.60. The molecule has 212 valence electrons.